The van der Waals surface area contributed by atoms with Crippen LogP contribution >= 0.6 is 0 Å². The van der Waals surface area contributed by atoms with Crippen LogP contribution in [-0.4, -0.2) is 36.9 Å². The average Bonchev–Trinajstić information content (AvgIpc) is 2.93. The average molecular weight is 302 g/mol. The van der Waals surface area contributed by atoms with E-state index < -0.39 is 22.2 Å². The van der Waals surface area contributed by atoms with Crippen molar-refractivity contribution in [1.29, 1.82) is 0 Å². The molecule has 0 radical (unpaired) electrons. The van der Waals surface area contributed by atoms with Crippen molar-refractivity contribution in [3.05, 3.63) is 33.9 Å². The second kappa shape index (κ2) is 6.77. The van der Waals surface area contributed by atoms with Gasteiger partial charge in [-0.15, -0.1) is 0 Å². The van der Waals surface area contributed by atoms with Crippen LogP contribution in [0.2, 0.25) is 0 Å². The highest BCUT2D eigenvalue weighted by Crippen LogP contribution is 2.25. The summed E-state index contributed by atoms with van der Waals surface area (Å²) in [5.41, 5.74) is -1.01. The van der Waals surface area contributed by atoms with E-state index in [1.54, 1.807) is 6.92 Å². The number of nitrogens with one attached hydrogen (secondary N) is 1. The Morgan fingerprint density at radius 3 is 2.71 bits per heavy atom. The first-order valence-corrected chi connectivity index (χ1v) is 6.56. The molecule has 1 aromatic rings. The topological polar surface area (TPSA) is 73.6 Å². The number of nitrogens with zero attached hydrogens (tertiary/aromatic N) is 1. The van der Waals surface area contributed by atoms with Crippen LogP contribution in [0.4, 0.5) is 20.2 Å². The number of anilines is 1. The number of rotatable bonds is 6. The highest BCUT2D eigenvalue weighted by Gasteiger charge is 2.20. The maximum absolute atomic E-state index is 13.7. The third-order valence-corrected chi connectivity index (χ3v) is 3.10. The zero-order chi connectivity index (χ0) is 15.4. The summed E-state index contributed by atoms with van der Waals surface area (Å²) in [5, 5.41) is 13.1. The molecule has 116 valence electrons. The van der Waals surface area contributed by atoms with E-state index >= 15 is 0 Å². The molecule has 1 aliphatic heterocycles. The summed E-state index contributed by atoms with van der Waals surface area (Å²) in [5.74, 6) is -2.00. The summed E-state index contributed by atoms with van der Waals surface area (Å²) in [6.45, 7) is 3.13. The van der Waals surface area contributed by atoms with Gasteiger partial charge in [-0.05, 0) is 13.3 Å². The van der Waals surface area contributed by atoms with E-state index in [4.69, 9.17) is 9.47 Å². The van der Waals surface area contributed by atoms with Gasteiger partial charge in [-0.3, -0.25) is 10.1 Å². The minimum atomic E-state index is -1.00. The second-order valence-electron chi connectivity index (χ2n) is 4.91. The molecule has 6 nitrogen and oxygen atoms in total. The molecule has 0 bridgehead atoms. The molecule has 2 atom stereocenters. The van der Waals surface area contributed by atoms with E-state index in [9.17, 15) is 18.9 Å². The molecular weight excluding hydrogens is 286 g/mol. The Labute approximate surface area is 120 Å². The number of nitro benzene ring substituents is 1. The molecule has 0 aromatic heterocycles. The lowest BCUT2D eigenvalue weighted by molar-refractivity contribution is -0.385. The minimum absolute atomic E-state index is 0.000745. The molecular formula is C13H16F2N2O4. The number of ether oxygens (including phenoxy) is 2. The van der Waals surface area contributed by atoms with Gasteiger partial charge in [-0.25, -0.2) is 8.78 Å². The zero-order valence-electron chi connectivity index (χ0n) is 11.5. The maximum Gasteiger partial charge on any atom is 0.275 e. The van der Waals surface area contributed by atoms with E-state index in [0.717, 1.165) is 6.42 Å². The summed E-state index contributed by atoms with van der Waals surface area (Å²) in [4.78, 5) is 9.66. The first-order valence-electron chi connectivity index (χ1n) is 6.56. The fourth-order valence-electron chi connectivity index (χ4n) is 2.02. The normalized spacial score (nSPS) is 19.5. The predicted octanol–water partition coefficient (Wildman–Crippen LogP) is 2.48. The molecule has 0 unspecified atom stereocenters. The highest BCUT2D eigenvalue weighted by atomic mass is 19.1. The summed E-state index contributed by atoms with van der Waals surface area (Å²) in [6.07, 6.45) is 0.799. The molecule has 1 saturated heterocycles. The summed E-state index contributed by atoms with van der Waals surface area (Å²) in [6, 6.07) is 1.02. The van der Waals surface area contributed by atoms with E-state index in [1.807, 2.05) is 0 Å². The molecule has 0 saturated carbocycles. The Bertz CT molecular complexity index is 498. The minimum Gasteiger partial charge on any atom is -0.379 e. The molecule has 0 aliphatic carbocycles. The number of halogens is 2. The zero-order valence-corrected chi connectivity index (χ0v) is 11.5. The molecule has 1 aliphatic rings. The Morgan fingerprint density at radius 1 is 1.52 bits per heavy atom. The van der Waals surface area contributed by atoms with Crippen molar-refractivity contribution in [2.24, 2.45) is 0 Å². The van der Waals surface area contributed by atoms with Crippen molar-refractivity contribution >= 4 is 11.4 Å². The standard InChI is InChI=1S/C13H16F2N2O4/c1-8(6-21-10-2-3-20-7-10)16-13-11(14)4-9(17(18)19)5-12(13)15/h4-5,8,10,16H,2-3,6-7H2,1H3/t8-,10+/m0/s1. The van der Waals surface area contributed by atoms with Crippen LogP contribution in [0.5, 0.6) is 0 Å². The van der Waals surface area contributed by atoms with Gasteiger partial charge in [0.1, 0.15) is 5.69 Å². The first-order chi connectivity index (χ1) is 9.97. The fraction of sp³-hybridized carbons (Fsp3) is 0.538. The Balaban J connectivity index is 1.96. The number of non-ortho nitro benzene ring substituents is 1. The summed E-state index contributed by atoms with van der Waals surface area (Å²) in [7, 11) is 0. The van der Waals surface area contributed by atoms with Crippen LogP contribution in [0.25, 0.3) is 0 Å². The largest absolute Gasteiger partial charge is 0.379 e. The molecule has 21 heavy (non-hydrogen) atoms. The van der Waals surface area contributed by atoms with Gasteiger partial charge in [0, 0.05) is 12.6 Å². The summed E-state index contributed by atoms with van der Waals surface area (Å²) < 4.78 is 38.1. The van der Waals surface area contributed by atoms with E-state index in [0.29, 0.717) is 25.3 Å². The fourth-order valence-corrected chi connectivity index (χ4v) is 2.02. The molecule has 0 amide bonds. The summed E-state index contributed by atoms with van der Waals surface area (Å²) >= 11 is 0. The Morgan fingerprint density at radius 2 is 2.19 bits per heavy atom. The monoisotopic (exact) mass is 302 g/mol. The smallest absolute Gasteiger partial charge is 0.275 e. The maximum atomic E-state index is 13.7. The third kappa shape index (κ3) is 4.08. The lowest BCUT2D eigenvalue weighted by Gasteiger charge is -2.18. The molecule has 1 fully saturated rings. The van der Waals surface area contributed by atoms with Crippen molar-refractivity contribution < 1.29 is 23.2 Å². The van der Waals surface area contributed by atoms with E-state index in [-0.39, 0.29) is 24.4 Å². The Kier molecular flexibility index (Phi) is 5.03. The van der Waals surface area contributed by atoms with Crippen LogP contribution in [0.3, 0.4) is 0 Å². The van der Waals surface area contributed by atoms with Crippen molar-refractivity contribution in [2.45, 2.75) is 25.5 Å². The van der Waals surface area contributed by atoms with Gasteiger partial charge < -0.3 is 14.8 Å². The Hall–Kier alpha value is -1.80. The van der Waals surface area contributed by atoms with Crippen LogP contribution in [0.1, 0.15) is 13.3 Å². The van der Waals surface area contributed by atoms with Crippen molar-refractivity contribution in [3.8, 4) is 0 Å². The number of hydrogen-bond donors (Lipinski definition) is 1. The highest BCUT2D eigenvalue weighted by molar-refractivity contribution is 5.52. The van der Waals surface area contributed by atoms with Gasteiger partial charge in [0.2, 0.25) is 0 Å². The SMILES string of the molecule is C[C@@H](CO[C@@H]1CCOC1)Nc1c(F)cc([N+](=O)[O-])cc1F. The molecule has 0 spiro atoms. The van der Waals surface area contributed by atoms with Gasteiger partial charge >= 0.3 is 0 Å². The van der Waals surface area contributed by atoms with Crippen molar-refractivity contribution in [3.63, 3.8) is 0 Å². The van der Waals surface area contributed by atoms with Crippen LogP contribution in [0, 0.1) is 21.7 Å². The second-order valence-corrected chi connectivity index (χ2v) is 4.91. The predicted molar refractivity (Wildman–Crippen MR) is 71.3 cm³/mol. The van der Waals surface area contributed by atoms with Crippen molar-refractivity contribution in [1.82, 2.24) is 0 Å². The molecule has 2 rings (SSSR count). The molecule has 1 heterocycles. The van der Waals surface area contributed by atoms with Gasteiger partial charge in [-0.2, -0.15) is 0 Å². The molecule has 1 N–H and O–H groups in total. The molecule has 1 aromatic carbocycles. The third-order valence-electron chi connectivity index (χ3n) is 3.10. The van der Waals surface area contributed by atoms with Gasteiger partial charge in [0.25, 0.3) is 5.69 Å². The van der Waals surface area contributed by atoms with Crippen LogP contribution in [0.15, 0.2) is 12.1 Å². The lowest BCUT2D eigenvalue weighted by atomic mass is 10.2. The van der Waals surface area contributed by atoms with Crippen molar-refractivity contribution in [2.75, 3.05) is 25.1 Å². The quantitative estimate of drug-likeness (QED) is 0.645. The van der Waals surface area contributed by atoms with Gasteiger partial charge in [0.15, 0.2) is 11.6 Å². The number of hydrogen-bond acceptors (Lipinski definition) is 5. The number of benzene rings is 1. The first kappa shape index (κ1) is 15.6. The van der Waals surface area contributed by atoms with Gasteiger partial charge in [-0.1, -0.05) is 0 Å². The number of nitro groups is 1. The van der Waals surface area contributed by atoms with Gasteiger partial charge in [0.05, 0.1) is 36.4 Å². The van der Waals surface area contributed by atoms with Crippen LogP contribution in [-0.2, 0) is 9.47 Å². The lowest BCUT2D eigenvalue weighted by Crippen LogP contribution is -2.26. The van der Waals surface area contributed by atoms with E-state index in [1.165, 1.54) is 0 Å². The molecule has 8 heteroatoms. The van der Waals surface area contributed by atoms with Crippen LogP contribution < -0.4 is 5.32 Å². The van der Waals surface area contributed by atoms with E-state index in [2.05, 4.69) is 5.32 Å².